The van der Waals surface area contributed by atoms with Gasteiger partial charge in [-0.15, -0.1) is 0 Å². The monoisotopic (exact) mass is 457 g/mol. The number of hydrogen-bond acceptors (Lipinski definition) is 5. The third kappa shape index (κ3) is 5.79. The van der Waals surface area contributed by atoms with Gasteiger partial charge in [-0.3, -0.25) is 19.5 Å². The van der Waals surface area contributed by atoms with Crippen LogP contribution in [-0.2, 0) is 27.4 Å². The molecule has 0 aliphatic heterocycles. The van der Waals surface area contributed by atoms with E-state index in [1.165, 1.54) is 0 Å². The van der Waals surface area contributed by atoms with Crippen molar-refractivity contribution in [2.24, 2.45) is 5.73 Å². The van der Waals surface area contributed by atoms with Crippen LogP contribution in [0.25, 0.3) is 0 Å². The largest absolute Gasteiger partial charge is 0.489 e. The predicted molar refractivity (Wildman–Crippen MR) is 120 cm³/mol. The number of H-pyrrole nitrogens is 2. The number of aromatic amines is 2. The van der Waals surface area contributed by atoms with Gasteiger partial charge in [0, 0.05) is 28.5 Å². The van der Waals surface area contributed by atoms with Gasteiger partial charge in [-0.1, -0.05) is 41.9 Å². The Morgan fingerprint density at radius 2 is 1.81 bits per heavy atom. The number of ether oxygens (including phenoxy) is 2. The molecule has 0 unspecified atom stereocenters. The lowest BCUT2D eigenvalue weighted by Gasteiger charge is -2.16. The van der Waals surface area contributed by atoms with Crippen LogP contribution < -0.4 is 16.0 Å². The van der Waals surface area contributed by atoms with E-state index in [9.17, 15) is 14.4 Å². The minimum absolute atomic E-state index is 0.101. The van der Waals surface area contributed by atoms with Crippen LogP contribution in [0.15, 0.2) is 53.3 Å². The van der Waals surface area contributed by atoms with Crippen molar-refractivity contribution in [1.29, 1.82) is 0 Å². The number of amides is 1. The van der Waals surface area contributed by atoms with Crippen LogP contribution in [0.5, 0.6) is 5.75 Å². The second-order valence-corrected chi connectivity index (χ2v) is 7.53. The van der Waals surface area contributed by atoms with Gasteiger partial charge in [-0.2, -0.15) is 0 Å². The molecule has 1 heterocycles. The van der Waals surface area contributed by atoms with Gasteiger partial charge in [0.05, 0.1) is 18.7 Å². The van der Waals surface area contributed by atoms with Gasteiger partial charge in [-0.05, 0) is 30.7 Å². The molecule has 0 aliphatic rings. The first-order valence-corrected chi connectivity index (χ1v) is 10.5. The molecule has 0 radical (unpaired) electrons. The first kappa shape index (κ1) is 23.1. The Morgan fingerprint density at radius 1 is 1.09 bits per heavy atom. The molecule has 1 amide bonds. The number of carbonyl (C=O) groups is 2. The maximum Gasteiger partial charge on any atom is 0.311 e. The fourth-order valence-electron chi connectivity index (χ4n) is 3.43. The van der Waals surface area contributed by atoms with Crippen LogP contribution in [0.1, 0.15) is 41.6 Å². The van der Waals surface area contributed by atoms with Crippen molar-refractivity contribution < 1.29 is 19.1 Å². The molecule has 0 bridgehead atoms. The number of benzene rings is 2. The van der Waals surface area contributed by atoms with Crippen molar-refractivity contribution in [3.63, 3.8) is 0 Å². The molecule has 168 valence electrons. The number of aromatic nitrogens is 2. The Balaban J connectivity index is 1.83. The van der Waals surface area contributed by atoms with Crippen molar-refractivity contribution in [3.8, 4) is 5.75 Å². The summed E-state index contributed by atoms with van der Waals surface area (Å²) in [5.74, 6) is -1.09. The van der Waals surface area contributed by atoms with Crippen LogP contribution >= 0.6 is 11.6 Å². The lowest BCUT2D eigenvalue weighted by Crippen LogP contribution is -2.21. The molecule has 4 N–H and O–H groups in total. The number of primary amides is 1. The van der Waals surface area contributed by atoms with Gasteiger partial charge >= 0.3 is 5.97 Å². The van der Waals surface area contributed by atoms with E-state index in [2.05, 4.69) is 10.2 Å². The molecule has 9 heteroatoms. The number of esters is 1. The topological polar surface area (TPSA) is 127 Å². The molecule has 8 nitrogen and oxygen atoms in total. The van der Waals surface area contributed by atoms with Crippen LogP contribution in [-0.4, -0.2) is 28.7 Å². The minimum atomic E-state index is -0.635. The number of halogens is 1. The molecule has 32 heavy (non-hydrogen) atoms. The smallest absolute Gasteiger partial charge is 0.311 e. The third-order valence-corrected chi connectivity index (χ3v) is 5.28. The van der Waals surface area contributed by atoms with E-state index >= 15 is 0 Å². The number of nitrogens with one attached hydrogen (secondary N) is 2. The molecular formula is C23H24ClN3O5. The standard InChI is InChI=1S/C23H24ClN3O5/c1-2-31-21(29)12-19-22(23(30)27-26-19)17(11-20(25)28)14-7-9-16(10-8-14)32-13-15-5-3-4-6-18(15)24/h3-10,17H,2,11-13H2,1H3,(H2,25,28)(H2,26,27,30)/t17-/m1/s1. The van der Waals surface area contributed by atoms with Gasteiger partial charge in [0.1, 0.15) is 12.4 Å². The highest BCUT2D eigenvalue weighted by atomic mass is 35.5. The van der Waals surface area contributed by atoms with Crippen molar-refractivity contribution in [1.82, 2.24) is 10.2 Å². The maximum absolute atomic E-state index is 12.5. The summed E-state index contributed by atoms with van der Waals surface area (Å²) in [5, 5.41) is 5.82. The zero-order chi connectivity index (χ0) is 23.1. The molecule has 3 rings (SSSR count). The van der Waals surface area contributed by atoms with Gasteiger partial charge in [0.2, 0.25) is 5.91 Å². The number of rotatable bonds is 10. The Morgan fingerprint density at radius 3 is 2.47 bits per heavy atom. The van der Waals surface area contributed by atoms with Crippen LogP contribution in [0.3, 0.4) is 0 Å². The molecule has 0 spiro atoms. The molecule has 1 atom stereocenters. The van der Waals surface area contributed by atoms with E-state index in [0.717, 1.165) is 5.56 Å². The first-order chi connectivity index (χ1) is 15.4. The van der Waals surface area contributed by atoms with E-state index < -0.39 is 23.4 Å². The lowest BCUT2D eigenvalue weighted by atomic mass is 9.87. The fourth-order valence-corrected chi connectivity index (χ4v) is 3.62. The van der Waals surface area contributed by atoms with E-state index in [4.69, 9.17) is 26.8 Å². The van der Waals surface area contributed by atoms with Gasteiger partial charge < -0.3 is 20.3 Å². The highest BCUT2D eigenvalue weighted by Crippen LogP contribution is 2.29. The highest BCUT2D eigenvalue weighted by molar-refractivity contribution is 6.31. The summed E-state index contributed by atoms with van der Waals surface area (Å²) in [5.41, 5.74) is 7.21. The number of hydrogen-bond donors (Lipinski definition) is 3. The summed E-state index contributed by atoms with van der Waals surface area (Å²) >= 11 is 6.16. The Bertz CT molecular complexity index is 1140. The van der Waals surface area contributed by atoms with Gasteiger partial charge in [0.15, 0.2) is 0 Å². The molecular weight excluding hydrogens is 434 g/mol. The van der Waals surface area contributed by atoms with Gasteiger partial charge in [-0.25, -0.2) is 0 Å². The summed E-state index contributed by atoms with van der Waals surface area (Å²) < 4.78 is 10.8. The Kier molecular flexibility index (Phi) is 7.72. The summed E-state index contributed by atoms with van der Waals surface area (Å²) in [6.45, 7) is 2.22. The predicted octanol–water partition coefficient (Wildman–Crippen LogP) is 3.05. The summed E-state index contributed by atoms with van der Waals surface area (Å²) in [7, 11) is 0. The zero-order valence-corrected chi connectivity index (χ0v) is 18.3. The van der Waals surface area contributed by atoms with Crippen molar-refractivity contribution in [2.75, 3.05) is 6.61 Å². The van der Waals surface area contributed by atoms with E-state index in [1.54, 1.807) is 37.3 Å². The van der Waals surface area contributed by atoms with Crippen LogP contribution in [0, 0.1) is 0 Å². The van der Waals surface area contributed by atoms with Crippen molar-refractivity contribution >= 4 is 23.5 Å². The van der Waals surface area contributed by atoms with Crippen LogP contribution in [0.4, 0.5) is 0 Å². The maximum atomic E-state index is 12.5. The number of nitrogens with two attached hydrogens (primary N) is 1. The first-order valence-electron chi connectivity index (χ1n) is 10.1. The van der Waals surface area contributed by atoms with E-state index in [0.29, 0.717) is 28.6 Å². The normalized spacial score (nSPS) is 11.7. The molecule has 1 aromatic heterocycles. The summed E-state index contributed by atoms with van der Waals surface area (Å²) in [6.07, 6.45) is -0.229. The average molecular weight is 458 g/mol. The fraction of sp³-hybridized carbons (Fsp3) is 0.261. The average Bonchev–Trinajstić information content (AvgIpc) is 3.11. The SMILES string of the molecule is CCOC(=O)Cc1[nH][nH]c(=O)c1[C@H](CC(N)=O)c1ccc(OCc2ccccc2Cl)cc1. The van der Waals surface area contributed by atoms with E-state index in [1.807, 2.05) is 18.2 Å². The van der Waals surface area contributed by atoms with Crippen molar-refractivity contribution in [3.05, 3.63) is 86.3 Å². The second-order valence-electron chi connectivity index (χ2n) is 7.13. The molecule has 0 saturated carbocycles. The van der Waals surface area contributed by atoms with E-state index in [-0.39, 0.29) is 25.0 Å². The third-order valence-electron chi connectivity index (χ3n) is 4.91. The zero-order valence-electron chi connectivity index (χ0n) is 17.5. The molecule has 0 aliphatic carbocycles. The second kappa shape index (κ2) is 10.7. The van der Waals surface area contributed by atoms with Crippen molar-refractivity contribution in [2.45, 2.75) is 32.3 Å². The molecule has 3 aromatic rings. The minimum Gasteiger partial charge on any atom is -0.489 e. The van der Waals surface area contributed by atoms with Gasteiger partial charge in [0.25, 0.3) is 5.56 Å². The highest BCUT2D eigenvalue weighted by Gasteiger charge is 2.26. The summed E-state index contributed by atoms with van der Waals surface area (Å²) in [6, 6.07) is 14.4. The van der Waals surface area contributed by atoms with Crippen LogP contribution in [0.2, 0.25) is 5.02 Å². The quantitative estimate of drug-likeness (QED) is 0.403. The lowest BCUT2D eigenvalue weighted by molar-refractivity contribution is -0.142. The molecule has 2 aromatic carbocycles. The molecule has 0 fully saturated rings. The Hall–Kier alpha value is -3.52. The summed E-state index contributed by atoms with van der Waals surface area (Å²) in [4.78, 5) is 36.2. The number of carbonyl (C=O) groups excluding carboxylic acids is 2. The Labute approximate surface area is 189 Å². The molecule has 0 saturated heterocycles.